The van der Waals surface area contributed by atoms with Crippen molar-refractivity contribution in [1.82, 2.24) is 15.3 Å². The normalized spacial score (nSPS) is 24.6. The summed E-state index contributed by atoms with van der Waals surface area (Å²) in [5.41, 5.74) is 3.80. The molecule has 2 N–H and O–H groups in total. The first-order chi connectivity index (χ1) is 8.21. The lowest BCUT2D eigenvalue weighted by Crippen LogP contribution is -2.26. The largest absolute Gasteiger partial charge is 0.341 e. The molecule has 3 nitrogen and oxygen atoms in total. The Morgan fingerprint density at radius 1 is 1.41 bits per heavy atom. The zero-order chi connectivity index (χ0) is 11.9. The van der Waals surface area contributed by atoms with Gasteiger partial charge >= 0.3 is 0 Å². The summed E-state index contributed by atoms with van der Waals surface area (Å²) in [5, 5.41) is 3.42. The summed E-state index contributed by atoms with van der Waals surface area (Å²) in [7, 11) is 0. The molecule has 1 aliphatic heterocycles. The maximum atomic E-state index is 4.75. The van der Waals surface area contributed by atoms with Crippen LogP contribution in [0.25, 0.3) is 11.0 Å². The number of fused-ring (bicyclic) bond motifs is 1. The van der Waals surface area contributed by atoms with Crippen LogP contribution >= 0.6 is 0 Å². The molecule has 1 fully saturated rings. The van der Waals surface area contributed by atoms with Crippen LogP contribution in [0.4, 0.5) is 0 Å². The molecule has 1 saturated heterocycles. The number of benzene rings is 1. The fraction of sp³-hybridized carbons (Fsp3) is 0.500. The predicted octanol–water partition coefficient (Wildman–Crippen LogP) is 2.38. The van der Waals surface area contributed by atoms with E-state index in [1.807, 2.05) is 0 Å². The van der Waals surface area contributed by atoms with Crippen molar-refractivity contribution >= 4 is 11.0 Å². The maximum Gasteiger partial charge on any atom is 0.114 e. The minimum atomic E-state index is 0.172. The van der Waals surface area contributed by atoms with E-state index in [1.165, 1.54) is 11.1 Å². The first-order valence-corrected chi connectivity index (χ1v) is 6.41. The highest BCUT2D eigenvalue weighted by molar-refractivity contribution is 5.76. The lowest BCUT2D eigenvalue weighted by molar-refractivity contribution is 0.496. The van der Waals surface area contributed by atoms with Crippen molar-refractivity contribution in [2.75, 3.05) is 13.1 Å². The van der Waals surface area contributed by atoms with Crippen LogP contribution in [0.2, 0.25) is 0 Å². The van der Waals surface area contributed by atoms with Crippen molar-refractivity contribution in [2.45, 2.75) is 32.1 Å². The number of rotatable bonds is 2. The maximum absolute atomic E-state index is 4.75. The Bertz CT molecular complexity index is 535. The SMILES string of the molecule is CCc1ccc2nc(C3(C)CCNC3)[nH]c2c1. The Morgan fingerprint density at radius 2 is 2.29 bits per heavy atom. The number of nitrogens with zero attached hydrogens (tertiary/aromatic N) is 1. The van der Waals surface area contributed by atoms with Gasteiger partial charge in [-0.25, -0.2) is 4.98 Å². The molecule has 3 rings (SSSR count). The van der Waals surface area contributed by atoms with Crippen molar-refractivity contribution in [3.05, 3.63) is 29.6 Å². The summed E-state index contributed by atoms with van der Waals surface area (Å²) in [6, 6.07) is 6.51. The van der Waals surface area contributed by atoms with E-state index >= 15 is 0 Å². The minimum absolute atomic E-state index is 0.172. The van der Waals surface area contributed by atoms with Crippen molar-refractivity contribution in [3.63, 3.8) is 0 Å². The van der Waals surface area contributed by atoms with Gasteiger partial charge in [-0.1, -0.05) is 19.9 Å². The molecule has 1 aromatic carbocycles. The standard InChI is InChI=1S/C14H19N3/c1-3-10-4-5-11-12(8-10)17-13(16-11)14(2)6-7-15-9-14/h4-5,8,15H,3,6-7,9H2,1-2H3,(H,16,17). The lowest BCUT2D eigenvalue weighted by Gasteiger charge is -2.18. The number of aromatic nitrogens is 2. The smallest absolute Gasteiger partial charge is 0.114 e. The van der Waals surface area contributed by atoms with Gasteiger partial charge in [0.1, 0.15) is 5.82 Å². The first-order valence-electron chi connectivity index (χ1n) is 6.41. The summed E-state index contributed by atoms with van der Waals surface area (Å²) in [4.78, 5) is 8.25. The van der Waals surface area contributed by atoms with E-state index < -0.39 is 0 Å². The van der Waals surface area contributed by atoms with Crippen molar-refractivity contribution < 1.29 is 0 Å². The second kappa shape index (κ2) is 3.84. The van der Waals surface area contributed by atoms with Crippen LogP contribution in [0.15, 0.2) is 18.2 Å². The summed E-state index contributed by atoms with van der Waals surface area (Å²) in [6.45, 7) is 6.58. The van der Waals surface area contributed by atoms with Gasteiger partial charge < -0.3 is 10.3 Å². The van der Waals surface area contributed by atoms with Crippen LogP contribution in [-0.4, -0.2) is 23.1 Å². The second-order valence-corrected chi connectivity index (χ2v) is 5.28. The van der Waals surface area contributed by atoms with Gasteiger partial charge in [-0.05, 0) is 37.1 Å². The van der Waals surface area contributed by atoms with Crippen LogP contribution in [0.3, 0.4) is 0 Å². The van der Waals surface area contributed by atoms with Gasteiger partial charge in [0.25, 0.3) is 0 Å². The third-order valence-corrected chi connectivity index (χ3v) is 3.89. The van der Waals surface area contributed by atoms with Gasteiger partial charge in [-0.3, -0.25) is 0 Å². The molecule has 1 atom stereocenters. The third-order valence-electron chi connectivity index (χ3n) is 3.89. The molecule has 0 aliphatic carbocycles. The molecule has 1 aliphatic rings. The number of imidazole rings is 1. The van der Waals surface area contributed by atoms with E-state index in [2.05, 4.69) is 42.3 Å². The molecule has 0 amide bonds. The zero-order valence-electron chi connectivity index (χ0n) is 10.5. The van der Waals surface area contributed by atoms with E-state index in [4.69, 9.17) is 4.98 Å². The first kappa shape index (κ1) is 10.8. The monoisotopic (exact) mass is 229 g/mol. The summed E-state index contributed by atoms with van der Waals surface area (Å²) in [6.07, 6.45) is 2.23. The van der Waals surface area contributed by atoms with Crippen LogP contribution in [0.1, 0.15) is 31.7 Å². The van der Waals surface area contributed by atoms with Crippen molar-refractivity contribution in [1.29, 1.82) is 0 Å². The number of nitrogens with one attached hydrogen (secondary N) is 2. The number of hydrogen-bond donors (Lipinski definition) is 2. The van der Waals surface area contributed by atoms with E-state index in [9.17, 15) is 0 Å². The van der Waals surface area contributed by atoms with Crippen molar-refractivity contribution in [3.8, 4) is 0 Å². The lowest BCUT2D eigenvalue weighted by atomic mass is 9.89. The third kappa shape index (κ3) is 1.75. The van der Waals surface area contributed by atoms with Gasteiger partial charge in [-0.2, -0.15) is 0 Å². The fourth-order valence-electron chi connectivity index (χ4n) is 2.58. The Labute approximate surface area is 102 Å². The Balaban J connectivity index is 2.07. The number of hydrogen-bond acceptors (Lipinski definition) is 2. The molecule has 0 bridgehead atoms. The van der Waals surface area contributed by atoms with Crippen LogP contribution in [-0.2, 0) is 11.8 Å². The zero-order valence-corrected chi connectivity index (χ0v) is 10.5. The average Bonchev–Trinajstić information content (AvgIpc) is 2.94. The highest BCUT2D eigenvalue weighted by Crippen LogP contribution is 2.29. The van der Waals surface area contributed by atoms with Crippen LogP contribution < -0.4 is 5.32 Å². The van der Waals surface area contributed by atoms with E-state index in [0.29, 0.717) is 0 Å². The molecule has 2 heterocycles. The van der Waals surface area contributed by atoms with Gasteiger partial charge in [0.05, 0.1) is 11.0 Å². The molecule has 0 saturated carbocycles. The quantitative estimate of drug-likeness (QED) is 0.830. The predicted molar refractivity (Wildman–Crippen MR) is 70.3 cm³/mol. The fourth-order valence-corrected chi connectivity index (χ4v) is 2.58. The van der Waals surface area contributed by atoms with E-state index in [0.717, 1.165) is 37.3 Å². The Hall–Kier alpha value is -1.35. The molecule has 0 radical (unpaired) electrons. The van der Waals surface area contributed by atoms with Crippen molar-refractivity contribution in [2.24, 2.45) is 0 Å². The summed E-state index contributed by atoms with van der Waals surface area (Å²) >= 11 is 0. The Kier molecular flexibility index (Phi) is 2.44. The van der Waals surface area contributed by atoms with Gasteiger partial charge in [0, 0.05) is 12.0 Å². The number of aryl methyl sites for hydroxylation is 1. The summed E-state index contributed by atoms with van der Waals surface area (Å²) < 4.78 is 0. The molecular weight excluding hydrogens is 210 g/mol. The average molecular weight is 229 g/mol. The molecule has 3 heteroatoms. The Morgan fingerprint density at radius 3 is 3.00 bits per heavy atom. The molecule has 1 unspecified atom stereocenters. The van der Waals surface area contributed by atoms with Gasteiger partial charge in [0.2, 0.25) is 0 Å². The highest BCUT2D eigenvalue weighted by Gasteiger charge is 2.33. The van der Waals surface area contributed by atoms with Crippen LogP contribution in [0, 0.1) is 0 Å². The van der Waals surface area contributed by atoms with E-state index in [-0.39, 0.29) is 5.41 Å². The van der Waals surface area contributed by atoms with Gasteiger partial charge in [-0.15, -0.1) is 0 Å². The molecule has 2 aromatic rings. The van der Waals surface area contributed by atoms with Crippen LogP contribution in [0.5, 0.6) is 0 Å². The minimum Gasteiger partial charge on any atom is -0.341 e. The summed E-state index contributed by atoms with van der Waals surface area (Å²) in [5.74, 6) is 1.13. The highest BCUT2D eigenvalue weighted by atomic mass is 15.0. The number of H-pyrrole nitrogens is 1. The van der Waals surface area contributed by atoms with E-state index in [1.54, 1.807) is 0 Å². The second-order valence-electron chi connectivity index (χ2n) is 5.28. The molecule has 0 spiro atoms. The molecule has 17 heavy (non-hydrogen) atoms. The topological polar surface area (TPSA) is 40.7 Å². The molecule has 90 valence electrons. The number of aromatic amines is 1. The molecule has 1 aromatic heterocycles. The van der Waals surface area contributed by atoms with Gasteiger partial charge in [0.15, 0.2) is 0 Å². The molecular formula is C14H19N3.